The van der Waals surface area contributed by atoms with Crippen LogP contribution in [-0.2, 0) is 4.79 Å². The summed E-state index contributed by atoms with van der Waals surface area (Å²) in [5.74, 6) is 2.43. The second-order valence-corrected chi connectivity index (χ2v) is 3.98. The van der Waals surface area contributed by atoms with E-state index in [2.05, 4.69) is 11.2 Å². The zero-order chi connectivity index (χ0) is 12.1. The lowest BCUT2D eigenvalue weighted by Gasteiger charge is -2.15. The maximum atomic E-state index is 11.7. The molecule has 3 heteroatoms. The van der Waals surface area contributed by atoms with Gasteiger partial charge < -0.3 is 11.1 Å². The highest BCUT2D eigenvalue weighted by Gasteiger charge is 2.16. The second-order valence-electron chi connectivity index (χ2n) is 3.98. The Hall–Kier alpha value is -1.79. The smallest absolute Gasteiger partial charge is 0.241 e. The Kier molecular flexibility index (Phi) is 4.10. The summed E-state index contributed by atoms with van der Waals surface area (Å²) in [6, 6.07) is 6.62. The van der Waals surface area contributed by atoms with E-state index in [1.165, 1.54) is 0 Å². The number of nitrogens with two attached hydrogens (primary N) is 1. The van der Waals surface area contributed by atoms with E-state index < -0.39 is 6.04 Å². The van der Waals surface area contributed by atoms with E-state index in [9.17, 15) is 4.79 Å². The summed E-state index contributed by atoms with van der Waals surface area (Å²) in [6.45, 7) is 3.81. The molecule has 0 heterocycles. The van der Waals surface area contributed by atoms with Crippen LogP contribution in [0.15, 0.2) is 24.3 Å². The predicted octanol–water partition coefficient (Wildman–Crippen LogP) is 1.59. The number of amides is 1. The molecule has 0 aliphatic carbocycles. The number of carbonyl (C=O) groups is 1. The lowest BCUT2D eigenvalue weighted by molar-refractivity contribution is -0.118. The summed E-state index contributed by atoms with van der Waals surface area (Å²) in [6.07, 6.45) is 5.27. The van der Waals surface area contributed by atoms with E-state index in [4.69, 9.17) is 12.2 Å². The Morgan fingerprint density at radius 2 is 2.19 bits per heavy atom. The monoisotopic (exact) mass is 216 g/mol. The maximum absolute atomic E-state index is 11.7. The first-order valence-corrected chi connectivity index (χ1v) is 5.17. The first-order chi connectivity index (χ1) is 7.54. The van der Waals surface area contributed by atoms with Crippen LogP contribution in [0, 0.1) is 18.3 Å². The molecule has 84 valence electrons. The van der Waals surface area contributed by atoms with Gasteiger partial charge >= 0.3 is 0 Å². The van der Waals surface area contributed by atoms with Crippen molar-refractivity contribution in [2.75, 3.05) is 5.32 Å². The number of anilines is 1. The van der Waals surface area contributed by atoms with Gasteiger partial charge in [-0.15, -0.1) is 6.42 Å². The number of benzene rings is 1. The van der Waals surface area contributed by atoms with E-state index in [0.29, 0.717) is 5.69 Å². The van der Waals surface area contributed by atoms with Gasteiger partial charge in [0.25, 0.3) is 0 Å². The fraction of sp³-hybridized carbons (Fsp3) is 0.308. The van der Waals surface area contributed by atoms with Crippen LogP contribution in [0.1, 0.15) is 19.4 Å². The number of hydrogen-bond acceptors (Lipinski definition) is 2. The van der Waals surface area contributed by atoms with Gasteiger partial charge in [0.2, 0.25) is 5.91 Å². The third-order valence-corrected chi connectivity index (χ3v) is 2.32. The number of nitrogens with one attached hydrogen (secondary N) is 1. The molecule has 0 bridgehead atoms. The van der Waals surface area contributed by atoms with Gasteiger partial charge in [-0.25, -0.2) is 0 Å². The minimum Gasteiger partial charge on any atom is -0.325 e. The molecule has 16 heavy (non-hydrogen) atoms. The molecule has 0 radical (unpaired) electrons. The molecule has 0 saturated carbocycles. The summed E-state index contributed by atoms with van der Waals surface area (Å²) in [4.78, 5) is 11.7. The first-order valence-electron chi connectivity index (χ1n) is 5.17. The van der Waals surface area contributed by atoms with Gasteiger partial charge in [-0.1, -0.05) is 25.8 Å². The molecular formula is C13H16N2O. The zero-order valence-electron chi connectivity index (χ0n) is 9.53. The van der Waals surface area contributed by atoms with Gasteiger partial charge in [-0.3, -0.25) is 4.79 Å². The molecule has 1 aromatic carbocycles. The SMILES string of the molecule is C#Cc1cccc(NC(=O)[C@@H](N)C(C)C)c1. The number of terminal acetylenes is 1. The second kappa shape index (κ2) is 5.34. The van der Waals surface area contributed by atoms with Crippen LogP contribution in [0.2, 0.25) is 0 Å². The quantitative estimate of drug-likeness (QED) is 0.754. The van der Waals surface area contributed by atoms with Gasteiger partial charge in [0.05, 0.1) is 6.04 Å². The lowest BCUT2D eigenvalue weighted by Crippen LogP contribution is -2.39. The highest BCUT2D eigenvalue weighted by atomic mass is 16.2. The van der Waals surface area contributed by atoms with E-state index in [-0.39, 0.29) is 11.8 Å². The Morgan fingerprint density at radius 1 is 1.50 bits per heavy atom. The number of hydrogen-bond donors (Lipinski definition) is 2. The molecule has 1 amide bonds. The molecule has 3 N–H and O–H groups in total. The highest BCUT2D eigenvalue weighted by Crippen LogP contribution is 2.11. The van der Waals surface area contributed by atoms with E-state index >= 15 is 0 Å². The van der Waals surface area contributed by atoms with Gasteiger partial charge in [-0.05, 0) is 24.1 Å². The molecule has 1 aromatic rings. The molecule has 1 atom stereocenters. The van der Waals surface area contributed by atoms with E-state index in [1.54, 1.807) is 24.3 Å². The van der Waals surface area contributed by atoms with Crippen molar-refractivity contribution in [1.82, 2.24) is 0 Å². The average molecular weight is 216 g/mol. The summed E-state index contributed by atoms with van der Waals surface area (Å²) >= 11 is 0. The van der Waals surface area contributed by atoms with Gasteiger partial charge in [0.1, 0.15) is 0 Å². The summed E-state index contributed by atoms with van der Waals surface area (Å²) in [7, 11) is 0. The van der Waals surface area contributed by atoms with Gasteiger partial charge in [0.15, 0.2) is 0 Å². The summed E-state index contributed by atoms with van der Waals surface area (Å²) in [5, 5.41) is 2.74. The van der Waals surface area contributed by atoms with Crippen LogP contribution in [-0.4, -0.2) is 11.9 Å². The third-order valence-electron chi connectivity index (χ3n) is 2.32. The average Bonchev–Trinajstić information content (AvgIpc) is 2.28. The fourth-order valence-electron chi connectivity index (χ4n) is 1.22. The Morgan fingerprint density at radius 3 is 2.75 bits per heavy atom. The van der Waals surface area contributed by atoms with E-state index in [0.717, 1.165) is 5.56 Å². The topological polar surface area (TPSA) is 55.1 Å². The molecule has 0 spiro atoms. The predicted molar refractivity (Wildman–Crippen MR) is 65.8 cm³/mol. The molecule has 0 unspecified atom stereocenters. The standard InChI is InChI=1S/C13H16N2O/c1-4-10-6-5-7-11(8-10)15-13(16)12(14)9(2)3/h1,5-9,12H,14H2,2-3H3,(H,15,16)/t12-/m0/s1. The zero-order valence-corrected chi connectivity index (χ0v) is 9.53. The molecular weight excluding hydrogens is 200 g/mol. The van der Waals surface area contributed by atoms with Crippen molar-refractivity contribution >= 4 is 11.6 Å². The maximum Gasteiger partial charge on any atom is 0.241 e. The van der Waals surface area contributed by atoms with E-state index in [1.807, 2.05) is 13.8 Å². The minimum absolute atomic E-state index is 0.107. The number of rotatable bonds is 3. The van der Waals surface area contributed by atoms with Crippen molar-refractivity contribution in [2.24, 2.45) is 11.7 Å². The van der Waals surface area contributed by atoms with Crippen LogP contribution in [0.5, 0.6) is 0 Å². The Bertz CT molecular complexity index is 418. The van der Waals surface area contributed by atoms with Crippen molar-refractivity contribution in [1.29, 1.82) is 0 Å². The van der Waals surface area contributed by atoms with Crippen molar-refractivity contribution in [2.45, 2.75) is 19.9 Å². The fourth-order valence-corrected chi connectivity index (χ4v) is 1.22. The van der Waals surface area contributed by atoms with Gasteiger partial charge in [-0.2, -0.15) is 0 Å². The van der Waals surface area contributed by atoms with Gasteiger partial charge in [0, 0.05) is 11.3 Å². The minimum atomic E-state index is -0.505. The Balaban J connectivity index is 2.74. The number of carbonyl (C=O) groups excluding carboxylic acids is 1. The van der Waals surface area contributed by atoms with Crippen LogP contribution in [0.3, 0.4) is 0 Å². The van der Waals surface area contributed by atoms with Crippen molar-refractivity contribution in [3.05, 3.63) is 29.8 Å². The largest absolute Gasteiger partial charge is 0.325 e. The van der Waals surface area contributed by atoms with Crippen LogP contribution in [0.4, 0.5) is 5.69 Å². The molecule has 3 nitrogen and oxygen atoms in total. The first kappa shape index (κ1) is 12.3. The third kappa shape index (κ3) is 3.11. The molecule has 1 rings (SSSR count). The molecule has 0 aromatic heterocycles. The van der Waals surface area contributed by atoms with Crippen molar-refractivity contribution in [3.63, 3.8) is 0 Å². The summed E-state index contributed by atoms with van der Waals surface area (Å²) in [5.41, 5.74) is 7.14. The van der Waals surface area contributed by atoms with Crippen LogP contribution < -0.4 is 11.1 Å². The molecule has 0 fully saturated rings. The van der Waals surface area contributed by atoms with Crippen molar-refractivity contribution < 1.29 is 4.79 Å². The lowest BCUT2D eigenvalue weighted by atomic mass is 10.0. The molecule has 0 aliphatic heterocycles. The molecule has 0 aliphatic rings. The normalized spacial score (nSPS) is 11.9. The summed E-state index contributed by atoms with van der Waals surface area (Å²) < 4.78 is 0. The van der Waals surface area contributed by atoms with Crippen LogP contribution >= 0.6 is 0 Å². The van der Waals surface area contributed by atoms with Crippen molar-refractivity contribution in [3.8, 4) is 12.3 Å². The van der Waals surface area contributed by atoms with Crippen LogP contribution in [0.25, 0.3) is 0 Å². The highest BCUT2D eigenvalue weighted by molar-refractivity contribution is 5.94. The Labute approximate surface area is 96.0 Å². The molecule has 0 saturated heterocycles.